The number of halogens is 1. The molecule has 1 atom stereocenters. The first-order valence-electron chi connectivity index (χ1n) is 12.9. The summed E-state index contributed by atoms with van der Waals surface area (Å²) in [6.07, 6.45) is 1.33. The predicted octanol–water partition coefficient (Wildman–Crippen LogP) is 7.88. The van der Waals surface area contributed by atoms with Crippen molar-refractivity contribution in [1.29, 1.82) is 0 Å². The first-order valence-corrected chi connectivity index (χ1v) is 12.9. The van der Waals surface area contributed by atoms with Crippen LogP contribution in [-0.2, 0) is 11.4 Å². The van der Waals surface area contributed by atoms with Gasteiger partial charge in [0, 0.05) is 28.8 Å². The summed E-state index contributed by atoms with van der Waals surface area (Å²) in [5.74, 6) is 0.924. The number of fused-ring (bicyclic) bond motifs is 4. The van der Waals surface area contributed by atoms with Crippen LogP contribution >= 0.6 is 0 Å². The maximum absolute atomic E-state index is 14.1. The number of Topliss-reactive ketones (excluding diaryl/α,β-unsaturated/α-hetero) is 1. The third-order valence-corrected chi connectivity index (χ3v) is 7.60. The third-order valence-electron chi connectivity index (χ3n) is 7.60. The molecular formula is C33H30FNO3. The third kappa shape index (κ3) is 4.22. The summed E-state index contributed by atoms with van der Waals surface area (Å²) in [4.78, 5) is 13.7. The van der Waals surface area contributed by atoms with Gasteiger partial charge in [0.1, 0.15) is 12.4 Å². The molecule has 0 saturated carbocycles. The smallest absolute Gasteiger partial charge is 0.162 e. The lowest BCUT2D eigenvalue weighted by Gasteiger charge is -2.40. The van der Waals surface area contributed by atoms with Crippen LogP contribution in [0.3, 0.4) is 0 Å². The number of ether oxygens (including phenoxy) is 2. The maximum Gasteiger partial charge on any atom is 0.162 e. The Balaban J connectivity index is 1.42. The van der Waals surface area contributed by atoms with Crippen LogP contribution < -0.4 is 14.8 Å². The van der Waals surface area contributed by atoms with Gasteiger partial charge in [-0.25, -0.2) is 4.39 Å². The zero-order valence-corrected chi connectivity index (χ0v) is 21.8. The van der Waals surface area contributed by atoms with Crippen molar-refractivity contribution in [3.63, 3.8) is 0 Å². The van der Waals surface area contributed by atoms with Crippen LogP contribution in [0.5, 0.6) is 11.5 Å². The maximum atomic E-state index is 14.1. The highest BCUT2D eigenvalue weighted by atomic mass is 19.1. The summed E-state index contributed by atoms with van der Waals surface area (Å²) < 4.78 is 25.7. The summed E-state index contributed by atoms with van der Waals surface area (Å²) in [7, 11) is 1.59. The molecule has 6 rings (SSSR count). The normalized spacial score (nSPS) is 18.0. The van der Waals surface area contributed by atoms with Crippen molar-refractivity contribution in [2.75, 3.05) is 12.4 Å². The fourth-order valence-corrected chi connectivity index (χ4v) is 5.84. The van der Waals surface area contributed by atoms with E-state index in [1.54, 1.807) is 25.3 Å². The van der Waals surface area contributed by atoms with E-state index in [0.29, 0.717) is 23.5 Å². The van der Waals surface area contributed by atoms with Crippen LogP contribution in [-0.4, -0.2) is 12.9 Å². The minimum absolute atomic E-state index is 0.0907. The summed E-state index contributed by atoms with van der Waals surface area (Å²) in [5.41, 5.74) is 5.38. The van der Waals surface area contributed by atoms with Crippen LogP contribution in [0, 0.1) is 11.2 Å². The molecule has 0 saturated heterocycles. The standard InChI is InChI=1S/C33H30FNO3/c1-33(2)17-24-30-23-10-6-4-8-20(23)12-14-26(30)35-32(31(24)27(36)18-33)21-13-15-28(29(16-21)37-3)38-19-22-9-5-7-11-25(22)34/h4-16,32,35H,17-19H2,1-3H3/t32-/m1/s1. The molecule has 2 aliphatic rings. The van der Waals surface area contributed by atoms with Crippen molar-refractivity contribution in [3.8, 4) is 11.5 Å². The second-order valence-corrected chi connectivity index (χ2v) is 10.9. The Bertz CT molecular complexity index is 1600. The first-order chi connectivity index (χ1) is 18.3. The van der Waals surface area contributed by atoms with Gasteiger partial charge >= 0.3 is 0 Å². The van der Waals surface area contributed by atoms with E-state index in [1.165, 1.54) is 6.07 Å². The number of carbonyl (C=O) groups is 1. The Hall–Kier alpha value is -4.12. The molecule has 0 bridgehead atoms. The van der Waals surface area contributed by atoms with E-state index in [0.717, 1.165) is 45.2 Å². The highest BCUT2D eigenvalue weighted by Crippen LogP contribution is 2.52. The molecule has 4 aromatic carbocycles. The zero-order valence-electron chi connectivity index (χ0n) is 21.8. The molecule has 4 aromatic rings. The molecule has 0 unspecified atom stereocenters. The van der Waals surface area contributed by atoms with Crippen LogP contribution in [0.25, 0.3) is 16.3 Å². The highest BCUT2D eigenvalue weighted by Gasteiger charge is 2.41. The van der Waals surface area contributed by atoms with Gasteiger partial charge in [0.15, 0.2) is 17.3 Å². The Morgan fingerprint density at radius 1 is 0.947 bits per heavy atom. The van der Waals surface area contributed by atoms with E-state index in [4.69, 9.17) is 9.47 Å². The Morgan fingerprint density at radius 2 is 1.74 bits per heavy atom. The number of anilines is 1. The lowest BCUT2D eigenvalue weighted by molar-refractivity contribution is -0.118. The molecule has 0 spiro atoms. The molecule has 192 valence electrons. The quantitative estimate of drug-likeness (QED) is 0.299. The minimum atomic E-state index is -0.309. The molecular weight excluding hydrogens is 477 g/mol. The fourth-order valence-electron chi connectivity index (χ4n) is 5.84. The number of ketones is 1. The van der Waals surface area contributed by atoms with E-state index in [1.807, 2.05) is 24.3 Å². The molecule has 0 aromatic heterocycles. The lowest BCUT2D eigenvalue weighted by atomic mass is 9.68. The largest absolute Gasteiger partial charge is 0.493 e. The van der Waals surface area contributed by atoms with E-state index in [9.17, 15) is 9.18 Å². The van der Waals surface area contributed by atoms with E-state index >= 15 is 0 Å². The van der Waals surface area contributed by atoms with Crippen molar-refractivity contribution < 1.29 is 18.7 Å². The summed E-state index contributed by atoms with van der Waals surface area (Å²) in [6.45, 7) is 4.43. The number of methoxy groups -OCH3 is 1. The molecule has 0 radical (unpaired) electrons. The van der Waals surface area contributed by atoms with Crippen molar-refractivity contribution >= 4 is 27.8 Å². The van der Waals surface area contributed by atoms with E-state index < -0.39 is 0 Å². The average molecular weight is 508 g/mol. The Kier molecular flexibility index (Phi) is 5.94. The molecule has 0 fully saturated rings. The van der Waals surface area contributed by atoms with Crippen LogP contribution in [0.1, 0.15) is 49.4 Å². The topological polar surface area (TPSA) is 47.6 Å². The van der Waals surface area contributed by atoms with E-state index in [-0.39, 0.29) is 29.7 Å². The van der Waals surface area contributed by atoms with Crippen molar-refractivity contribution in [1.82, 2.24) is 0 Å². The Morgan fingerprint density at radius 3 is 2.55 bits per heavy atom. The second-order valence-electron chi connectivity index (χ2n) is 10.9. The van der Waals surface area contributed by atoms with Crippen LogP contribution in [0.15, 0.2) is 84.4 Å². The van der Waals surface area contributed by atoms with Gasteiger partial charge < -0.3 is 14.8 Å². The molecule has 1 heterocycles. The molecule has 1 aliphatic heterocycles. The number of nitrogens with one attached hydrogen (secondary N) is 1. The van der Waals surface area contributed by atoms with Gasteiger partial charge in [-0.2, -0.15) is 0 Å². The second kappa shape index (κ2) is 9.32. The average Bonchev–Trinajstić information content (AvgIpc) is 2.91. The summed E-state index contributed by atoms with van der Waals surface area (Å²) in [5, 5.41) is 5.99. The lowest BCUT2D eigenvalue weighted by Crippen LogP contribution is -2.33. The minimum Gasteiger partial charge on any atom is -0.493 e. The van der Waals surface area contributed by atoms with Crippen molar-refractivity contribution in [2.45, 2.75) is 39.3 Å². The first kappa shape index (κ1) is 24.2. The SMILES string of the molecule is COc1cc([C@H]2Nc3ccc4ccccc4c3C3=C2C(=O)CC(C)(C)C3)ccc1OCc1ccccc1F. The molecule has 4 nitrogen and oxygen atoms in total. The number of allylic oxidation sites excluding steroid dienone is 1. The number of hydrogen-bond acceptors (Lipinski definition) is 4. The number of benzene rings is 4. The van der Waals surface area contributed by atoms with Gasteiger partial charge in [-0.15, -0.1) is 0 Å². The fraction of sp³-hybridized carbons (Fsp3) is 0.242. The highest BCUT2D eigenvalue weighted by molar-refractivity contribution is 6.12. The summed E-state index contributed by atoms with van der Waals surface area (Å²) in [6, 6.07) is 24.5. The predicted molar refractivity (Wildman–Crippen MR) is 149 cm³/mol. The van der Waals surface area contributed by atoms with Gasteiger partial charge in [0.2, 0.25) is 0 Å². The van der Waals surface area contributed by atoms with Crippen LogP contribution in [0.2, 0.25) is 0 Å². The number of hydrogen-bond donors (Lipinski definition) is 1. The van der Waals surface area contributed by atoms with Gasteiger partial charge in [-0.1, -0.05) is 68.4 Å². The zero-order chi connectivity index (χ0) is 26.4. The molecule has 0 amide bonds. The summed E-state index contributed by atoms with van der Waals surface area (Å²) >= 11 is 0. The molecule has 1 aliphatic carbocycles. The number of rotatable bonds is 5. The molecule has 1 N–H and O–H groups in total. The molecule has 38 heavy (non-hydrogen) atoms. The Labute approximate surface area is 222 Å². The van der Waals surface area contributed by atoms with Gasteiger partial charge in [0.05, 0.1) is 13.2 Å². The van der Waals surface area contributed by atoms with Crippen molar-refractivity contribution in [3.05, 3.63) is 107 Å². The van der Waals surface area contributed by atoms with Gasteiger partial charge in [0.25, 0.3) is 0 Å². The van der Waals surface area contributed by atoms with Gasteiger partial charge in [-0.3, -0.25) is 4.79 Å². The van der Waals surface area contributed by atoms with Crippen LogP contribution in [0.4, 0.5) is 10.1 Å². The van der Waals surface area contributed by atoms with Gasteiger partial charge in [-0.05, 0) is 58.0 Å². The van der Waals surface area contributed by atoms with E-state index in [2.05, 4.69) is 49.5 Å². The monoisotopic (exact) mass is 507 g/mol. The van der Waals surface area contributed by atoms with Crippen molar-refractivity contribution in [2.24, 2.45) is 5.41 Å². The number of carbonyl (C=O) groups excluding carboxylic acids is 1. The molecule has 5 heteroatoms.